The first-order valence-electron chi connectivity index (χ1n) is 6.57. The molecule has 1 unspecified atom stereocenters. The molecule has 1 aromatic heterocycles. The van der Waals surface area contributed by atoms with Crippen molar-refractivity contribution in [3.63, 3.8) is 0 Å². The Morgan fingerprint density at radius 1 is 1.52 bits per heavy atom. The standard InChI is InChI=1S/C13H16N4O4/c1-8(18)3-2-4-14-11-6-10-9(5-12(11)17(20)21)13(19)16-7-15-10/h5-8,14,18H,2-4H2,1H3,(H,15,16,19). The Bertz CT molecular complexity index is 711. The maximum Gasteiger partial charge on any atom is 0.293 e. The number of hydrogen-bond acceptors (Lipinski definition) is 6. The molecule has 0 spiro atoms. The van der Waals surface area contributed by atoms with Crippen LogP contribution in [0.2, 0.25) is 0 Å². The SMILES string of the molecule is CC(O)CCCNc1cc2nc[nH]c(=O)c2cc1[N+](=O)[O-]. The first-order chi connectivity index (χ1) is 9.99. The molecule has 0 aliphatic carbocycles. The molecule has 2 aromatic rings. The molecule has 1 heterocycles. The monoisotopic (exact) mass is 292 g/mol. The third-order valence-corrected chi connectivity index (χ3v) is 3.07. The molecule has 0 aliphatic heterocycles. The molecule has 21 heavy (non-hydrogen) atoms. The predicted molar refractivity (Wildman–Crippen MR) is 78.4 cm³/mol. The lowest BCUT2D eigenvalue weighted by atomic mass is 10.1. The van der Waals surface area contributed by atoms with E-state index in [1.807, 2.05) is 0 Å². The summed E-state index contributed by atoms with van der Waals surface area (Å²) in [5.41, 5.74) is 0.125. The van der Waals surface area contributed by atoms with Crippen LogP contribution in [-0.4, -0.2) is 32.6 Å². The van der Waals surface area contributed by atoms with Crippen LogP contribution in [0.1, 0.15) is 19.8 Å². The summed E-state index contributed by atoms with van der Waals surface area (Å²) in [6, 6.07) is 2.71. The Balaban J connectivity index is 2.31. The van der Waals surface area contributed by atoms with Gasteiger partial charge in [0.25, 0.3) is 11.2 Å². The van der Waals surface area contributed by atoms with Gasteiger partial charge in [-0.05, 0) is 25.8 Å². The molecule has 112 valence electrons. The van der Waals surface area contributed by atoms with Gasteiger partial charge in [0.15, 0.2) is 0 Å². The van der Waals surface area contributed by atoms with Crippen LogP contribution in [0, 0.1) is 10.1 Å². The molecule has 3 N–H and O–H groups in total. The van der Waals surface area contributed by atoms with Crippen molar-refractivity contribution < 1.29 is 10.0 Å². The zero-order chi connectivity index (χ0) is 15.4. The van der Waals surface area contributed by atoms with E-state index in [-0.39, 0.29) is 11.1 Å². The van der Waals surface area contributed by atoms with Crippen molar-refractivity contribution in [3.05, 3.63) is 38.9 Å². The van der Waals surface area contributed by atoms with Gasteiger partial charge in [-0.3, -0.25) is 14.9 Å². The Morgan fingerprint density at radius 2 is 2.29 bits per heavy atom. The molecular formula is C13H16N4O4. The Kier molecular flexibility index (Phi) is 4.49. The fourth-order valence-corrected chi connectivity index (χ4v) is 2.02. The number of hydrogen-bond donors (Lipinski definition) is 3. The first kappa shape index (κ1) is 14.9. The van der Waals surface area contributed by atoms with Crippen molar-refractivity contribution in [3.8, 4) is 0 Å². The lowest BCUT2D eigenvalue weighted by Crippen LogP contribution is -2.10. The number of nitro benzene ring substituents is 1. The summed E-state index contributed by atoms with van der Waals surface area (Å²) in [5, 5.41) is 23.4. The highest BCUT2D eigenvalue weighted by Crippen LogP contribution is 2.27. The maximum absolute atomic E-state index is 11.6. The number of aliphatic hydroxyl groups is 1. The zero-order valence-corrected chi connectivity index (χ0v) is 11.5. The van der Waals surface area contributed by atoms with E-state index in [4.69, 9.17) is 0 Å². The van der Waals surface area contributed by atoms with E-state index in [2.05, 4.69) is 15.3 Å². The van der Waals surface area contributed by atoms with Crippen LogP contribution >= 0.6 is 0 Å². The van der Waals surface area contributed by atoms with Gasteiger partial charge in [0, 0.05) is 12.6 Å². The van der Waals surface area contributed by atoms with Gasteiger partial charge in [-0.25, -0.2) is 4.98 Å². The Labute approximate surface area is 120 Å². The molecule has 0 bridgehead atoms. The number of benzene rings is 1. The summed E-state index contributed by atoms with van der Waals surface area (Å²) >= 11 is 0. The van der Waals surface area contributed by atoms with Crippen molar-refractivity contribution in [2.24, 2.45) is 0 Å². The quantitative estimate of drug-likeness (QED) is 0.420. The summed E-state index contributed by atoms with van der Waals surface area (Å²) < 4.78 is 0. The highest BCUT2D eigenvalue weighted by atomic mass is 16.6. The molecule has 0 amide bonds. The van der Waals surface area contributed by atoms with Gasteiger partial charge < -0.3 is 15.4 Å². The molecule has 0 fully saturated rings. The minimum absolute atomic E-state index is 0.168. The normalized spacial score (nSPS) is 12.3. The van der Waals surface area contributed by atoms with Crippen molar-refractivity contribution >= 4 is 22.3 Å². The summed E-state index contributed by atoms with van der Waals surface area (Å²) in [7, 11) is 0. The first-order valence-corrected chi connectivity index (χ1v) is 6.57. The van der Waals surface area contributed by atoms with Crippen LogP contribution in [0.4, 0.5) is 11.4 Å². The van der Waals surface area contributed by atoms with Gasteiger partial charge in [-0.1, -0.05) is 0 Å². The summed E-state index contributed by atoms with van der Waals surface area (Å²) in [5.74, 6) is 0. The van der Waals surface area contributed by atoms with E-state index in [0.29, 0.717) is 30.6 Å². The van der Waals surface area contributed by atoms with Gasteiger partial charge in [-0.2, -0.15) is 0 Å². The number of fused-ring (bicyclic) bond motifs is 1. The van der Waals surface area contributed by atoms with Gasteiger partial charge >= 0.3 is 0 Å². The third kappa shape index (κ3) is 3.54. The number of rotatable bonds is 6. The van der Waals surface area contributed by atoms with E-state index < -0.39 is 16.6 Å². The molecule has 0 aliphatic rings. The average molecular weight is 292 g/mol. The smallest absolute Gasteiger partial charge is 0.293 e. The molecular weight excluding hydrogens is 276 g/mol. The van der Waals surface area contributed by atoms with Gasteiger partial charge in [0.2, 0.25) is 0 Å². The van der Waals surface area contributed by atoms with Crippen molar-refractivity contribution in [1.29, 1.82) is 0 Å². The zero-order valence-electron chi connectivity index (χ0n) is 11.5. The molecule has 1 aromatic carbocycles. The van der Waals surface area contributed by atoms with Crippen molar-refractivity contribution in [1.82, 2.24) is 9.97 Å². The second kappa shape index (κ2) is 6.31. The van der Waals surface area contributed by atoms with E-state index in [1.165, 1.54) is 18.5 Å². The number of nitro groups is 1. The highest BCUT2D eigenvalue weighted by molar-refractivity contribution is 5.86. The van der Waals surface area contributed by atoms with Crippen LogP contribution in [-0.2, 0) is 0 Å². The molecule has 0 saturated heterocycles. The highest BCUT2D eigenvalue weighted by Gasteiger charge is 2.16. The summed E-state index contributed by atoms with van der Waals surface area (Å²) in [6.45, 7) is 2.18. The third-order valence-electron chi connectivity index (χ3n) is 3.07. The Hall–Kier alpha value is -2.48. The molecule has 8 heteroatoms. The summed E-state index contributed by atoms with van der Waals surface area (Å²) in [6.07, 6.45) is 2.13. The lowest BCUT2D eigenvalue weighted by molar-refractivity contribution is -0.383. The second-order valence-electron chi connectivity index (χ2n) is 4.79. The number of aromatic amines is 1. The number of nitrogens with zero attached hydrogens (tertiary/aromatic N) is 2. The number of nitrogens with one attached hydrogen (secondary N) is 2. The van der Waals surface area contributed by atoms with Crippen LogP contribution in [0.15, 0.2) is 23.3 Å². The average Bonchev–Trinajstić information content (AvgIpc) is 2.43. The van der Waals surface area contributed by atoms with E-state index in [1.54, 1.807) is 6.92 Å². The second-order valence-corrected chi connectivity index (χ2v) is 4.79. The van der Waals surface area contributed by atoms with Gasteiger partial charge in [0.1, 0.15) is 5.69 Å². The molecule has 1 atom stereocenters. The fourth-order valence-electron chi connectivity index (χ4n) is 2.02. The largest absolute Gasteiger partial charge is 0.393 e. The molecule has 8 nitrogen and oxygen atoms in total. The van der Waals surface area contributed by atoms with Crippen molar-refractivity contribution in [2.45, 2.75) is 25.9 Å². The number of aliphatic hydroxyl groups excluding tert-OH is 1. The van der Waals surface area contributed by atoms with Crippen LogP contribution in [0.25, 0.3) is 10.9 Å². The van der Waals surface area contributed by atoms with Gasteiger partial charge in [0.05, 0.1) is 28.3 Å². The lowest BCUT2D eigenvalue weighted by Gasteiger charge is -2.09. The number of anilines is 1. The Morgan fingerprint density at radius 3 is 2.95 bits per heavy atom. The van der Waals surface area contributed by atoms with Crippen LogP contribution in [0.3, 0.4) is 0 Å². The van der Waals surface area contributed by atoms with Gasteiger partial charge in [-0.15, -0.1) is 0 Å². The van der Waals surface area contributed by atoms with E-state index in [0.717, 1.165) is 0 Å². The number of H-pyrrole nitrogens is 1. The van der Waals surface area contributed by atoms with Crippen molar-refractivity contribution in [2.75, 3.05) is 11.9 Å². The fraction of sp³-hybridized carbons (Fsp3) is 0.385. The summed E-state index contributed by atoms with van der Waals surface area (Å²) in [4.78, 5) is 28.6. The topological polar surface area (TPSA) is 121 Å². The number of aromatic nitrogens is 2. The molecule has 2 rings (SSSR count). The minimum Gasteiger partial charge on any atom is -0.393 e. The molecule has 0 radical (unpaired) electrons. The predicted octanol–water partition coefficient (Wildman–Crippen LogP) is 1.40. The maximum atomic E-state index is 11.6. The molecule has 0 saturated carbocycles. The van der Waals surface area contributed by atoms with Crippen LogP contribution < -0.4 is 10.9 Å². The minimum atomic E-state index is -0.539. The van der Waals surface area contributed by atoms with Crippen LogP contribution in [0.5, 0.6) is 0 Å². The van der Waals surface area contributed by atoms with E-state index in [9.17, 15) is 20.0 Å². The van der Waals surface area contributed by atoms with E-state index >= 15 is 0 Å².